The van der Waals surface area contributed by atoms with E-state index in [0.717, 1.165) is 38.2 Å². The number of aryl methyl sites for hydroxylation is 1. The van der Waals surface area contributed by atoms with E-state index in [4.69, 9.17) is 0 Å². The van der Waals surface area contributed by atoms with Crippen LogP contribution >= 0.6 is 0 Å². The Kier molecular flexibility index (Phi) is 7.55. The van der Waals surface area contributed by atoms with Crippen LogP contribution in [0.1, 0.15) is 12.0 Å². The van der Waals surface area contributed by atoms with Crippen LogP contribution in [-0.2, 0) is 16.0 Å². The van der Waals surface area contributed by atoms with E-state index in [1.54, 1.807) is 6.07 Å². The van der Waals surface area contributed by atoms with E-state index in [1.165, 1.54) is 23.9 Å². The average molecular weight is 425 g/mol. The summed E-state index contributed by atoms with van der Waals surface area (Å²) in [7, 11) is 2.13. The van der Waals surface area contributed by atoms with Crippen molar-refractivity contribution in [2.24, 2.45) is 0 Å². The quantitative estimate of drug-likeness (QED) is 0.304. The number of carbonyl (C=O) groups is 2. The van der Waals surface area contributed by atoms with Crippen molar-refractivity contribution in [1.29, 1.82) is 0 Å². The summed E-state index contributed by atoms with van der Waals surface area (Å²) in [5, 5.41) is 15.8. The summed E-state index contributed by atoms with van der Waals surface area (Å²) in [4.78, 5) is 39.1. The molecule has 0 aromatic heterocycles. The first-order chi connectivity index (χ1) is 14.9. The number of benzene rings is 2. The first kappa shape index (κ1) is 22.2. The smallest absolute Gasteiger partial charge is 0.313 e. The number of hydrogen-bond donors (Lipinski definition) is 2. The highest BCUT2D eigenvalue weighted by Crippen LogP contribution is 2.23. The molecular weight excluding hydrogens is 398 g/mol. The first-order valence-corrected chi connectivity index (χ1v) is 10.3. The normalized spacial score (nSPS) is 14.2. The molecule has 1 saturated heterocycles. The van der Waals surface area contributed by atoms with Gasteiger partial charge in [0.1, 0.15) is 5.69 Å². The van der Waals surface area contributed by atoms with Crippen molar-refractivity contribution < 1.29 is 14.5 Å². The molecule has 3 rings (SSSR count). The number of nitro benzene ring substituents is 1. The zero-order valence-corrected chi connectivity index (χ0v) is 17.5. The van der Waals surface area contributed by atoms with E-state index in [9.17, 15) is 19.7 Å². The highest BCUT2D eigenvalue weighted by atomic mass is 16.6. The van der Waals surface area contributed by atoms with E-state index in [1.807, 2.05) is 0 Å². The summed E-state index contributed by atoms with van der Waals surface area (Å²) in [6.07, 6.45) is 1.45. The lowest BCUT2D eigenvalue weighted by molar-refractivity contribution is -0.383. The standard InChI is InChI=1S/C22H27N5O4/c1-25-13-15-26(16-14-25)18-10-8-17(9-11-18)5-4-12-23-21(28)22(29)24-19-6-2-3-7-20(19)27(30)31/h2-3,6-11H,4-5,12-16H2,1H3,(H,23,28)(H,24,29). The van der Waals surface area contributed by atoms with Crippen LogP contribution in [0.2, 0.25) is 0 Å². The zero-order valence-electron chi connectivity index (χ0n) is 17.5. The Morgan fingerprint density at radius 1 is 1.00 bits per heavy atom. The second-order valence-electron chi connectivity index (χ2n) is 7.54. The number of carbonyl (C=O) groups excluding carboxylic acids is 2. The maximum absolute atomic E-state index is 12.0. The third kappa shape index (κ3) is 6.26. The maximum Gasteiger partial charge on any atom is 0.313 e. The molecule has 0 radical (unpaired) electrons. The molecule has 2 aromatic carbocycles. The molecule has 1 fully saturated rings. The highest BCUT2D eigenvalue weighted by Gasteiger charge is 2.19. The molecule has 2 aromatic rings. The molecule has 0 aliphatic carbocycles. The molecule has 0 bridgehead atoms. The second-order valence-corrected chi connectivity index (χ2v) is 7.54. The number of nitrogens with zero attached hydrogens (tertiary/aromatic N) is 3. The van der Waals surface area contributed by atoms with Crippen molar-refractivity contribution >= 4 is 28.9 Å². The number of anilines is 2. The molecule has 2 amide bonds. The topological polar surface area (TPSA) is 108 Å². The van der Waals surface area contributed by atoms with Crippen LogP contribution in [0, 0.1) is 10.1 Å². The molecule has 2 N–H and O–H groups in total. The number of rotatable bonds is 7. The van der Waals surface area contributed by atoms with E-state index in [0.29, 0.717) is 13.0 Å². The third-order valence-electron chi connectivity index (χ3n) is 5.29. The van der Waals surface area contributed by atoms with Crippen LogP contribution in [0.3, 0.4) is 0 Å². The third-order valence-corrected chi connectivity index (χ3v) is 5.29. The molecule has 0 unspecified atom stereocenters. The predicted molar refractivity (Wildman–Crippen MR) is 119 cm³/mol. The van der Waals surface area contributed by atoms with E-state index in [2.05, 4.69) is 51.7 Å². The van der Waals surface area contributed by atoms with Crippen molar-refractivity contribution in [3.8, 4) is 0 Å². The summed E-state index contributed by atoms with van der Waals surface area (Å²) in [5.41, 5.74) is 2.12. The Balaban J connectivity index is 1.41. The molecule has 0 spiro atoms. The molecule has 9 heteroatoms. The van der Waals surface area contributed by atoms with Gasteiger partial charge in [-0.3, -0.25) is 19.7 Å². The van der Waals surface area contributed by atoms with Gasteiger partial charge in [0.15, 0.2) is 0 Å². The second kappa shape index (κ2) is 10.5. The minimum Gasteiger partial charge on any atom is -0.369 e. The molecule has 1 heterocycles. The Labute approximate surface area is 181 Å². The van der Waals surface area contributed by atoms with E-state index < -0.39 is 16.7 Å². The van der Waals surface area contributed by atoms with Gasteiger partial charge in [-0.1, -0.05) is 24.3 Å². The zero-order chi connectivity index (χ0) is 22.2. The lowest BCUT2D eigenvalue weighted by Crippen LogP contribution is -2.44. The minimum absolute atomic E-state index is 0.00640. The molecule has 164 valence electrons. The molecule has 1 aliphatic heterocycles. The lowest BCUT2D eigenvalue weighted by Gasteiger charge is -2.34. The minimum atomic E-state index is -0.925. The van der Waals surface area contributed by atoms with Crippen molar-refractivity contribution in [3.63, 3.8) is 0 Å². The number of nitro groups is 1. The molecule has 1 aliphatic rings. The van der Waals surface area contributed by atoms with E-state index >= 15 is 0 Å². The van der Waals surface area contributed by atoms with Crippen LogP contribution in [0.25, 0.3) is 0 Å². The number of amides is 2. The van der Waals surface area contributed by atoms with Gasteiger partial charge in [-0.15, -0.1) is 0 Å². The largest absolute Gasteiger partial charge is 0.369 e. The summed E-state index contributed by atoms with van der Waals surface area (Å²) in [6, 6.07) is 14.1. The molecule has 9 nitrogen and oxygen atoms in total. The number of piperazine rings is 1. The molecular formula is C22H27N5O4. The van der Waals surface area contributed by atoms with Crippen LogP contribution in [0.15, 0.2) is 48.5 Å². The van der Waals surface area contributed by atoms with Gasteiger partial charge in [0.2, 0.25) is 0 Å². The Morgan fingerprint density at radius 3 is 2.35 bits per heavy atom. The van der Waals surface area contributed by atoms with Crippen LogP contribution in [-0.4, -0.2) is 61.4 Å². The van der Waals surface area contributed by atoms with Crippen molar-refractivity contribution in [1.82, 2.24) is 10.2 Å². The van der Waals surface area contributed by atoms with Gasteiger partial charge >= 0.3 is 11.8 Å². The van der Waals surface area contributed by atoms with Crippen LogP contribution in [0.4, 0.5) is 17.1 Å². The van der Waals surface area contributed by atoms with Gasteiger partial charge in [0.05, 0.1) is 4.92 Å². The van der Waals surface area contributed by atoms with Crippen LogP contribution < -0.4 is 15.5 Å². The predicted octanol–water partition coefficient (Wildman–Crippen LogP) is 2.03. The molecule has 31 heavy (non-hydrogen) atoms. The van der Waals surface area contributed by atoms with E-state index in [-0.39, 0.29) is 11.4 Å². The van der Waals surface area contributed by atoms with Gasteiger partial charge in [0, 0.05) is 44.5 Å². The summed E-state index contributed by atoms with van der Waals surface area (Å²) < 4.78 is 0. The average Bonchev–Trinajstić information content (AvgIpc) is 2.77. The number of likely N-dealkylation sites (N-methyl/N-ethyl adjacent to an activating group) is 1. The monoisotopic (exact) mass is 425 g/mol. The lowest BCUT2D eigenvalue weighted by atomic mass is 10.1. The first-order valence-electron chi connectivity index (χ1n) is 10.3. The SMILES string of the molecule is CN1CCN(c2ccc(CCCNC(=O)C(=O)Nc3ccccc3[N+](=O)[O-])cc2)CC1. The molecule has 0 saturated carbocycles. The van der Waals surface area contributed by atoms with Gasteiger partial charge in [0.25, 0.3) is 5.69 Å². The Hall–Kier alpha value is -3.46. The number of nitrogens with one attached hydrogen (secondary N) is 2. The fourth-order valence-corrected chi connectivity index (χ4v) is 3.43. The maximum atomic E-state index is 12.0. The summed E-state index contributed by atoms with van der Waals surface area (Å²) in [5.74, 6) is -1.74. The Morgan fingerprint density at radius 2 is 1.68 bits per heavy atom. The van der Waals surface area contributed by atoms with Gasteiger partial charge in [-0.2, -0.15) is 0 Å². The number of para-hydroxylation sites is 2. The van der Waals surface area contributed by atoms with Gasteiger partial charge in [-0.25, -0.2) is 0 Å². The van der Waals surface area contributed by atoms with Crippen molar-refractivity contribution in [3.05, 3.63) is 64.2 Å². The highest BCUT2D eigenvalue weighted by molar-refractivity contribution is 6.39. The fraction of sp³-hybridized carbons (Fsp3) is 0.364. The van der Waals surface area contributed by atoms with Gasteiger partial charge in [-0.05, 0) is 43.7 Å². The van der Waals surface area contributed by atoms with Crippen molar-refractivity contribution in [2.75, 3.05) is 50.0 Å². The number of hydrogen-bond acceptors (Lipinski definition) is 6. The Bertz CT molecular complexity index is 924. The van der Waals surface area contributed by atoms with Crippen LogP contribution in [0.5, 0.6) is 0 Å². The summed E-state index contributed by atoms with van der Waals surface area (Å²) >= 11 is 0. The van der Waals surface area contributed by atoms with Gasteiger partial charge < -0.3 is 20.4 Å². The summed E-state index contributed by atoms with van der Waals surface area (Å²) in [6.45, 7) is 4.51. The fourth-order valence-electron chi connectivity index (χ4n) is 3.43. The van der Waals surface area contributed by atoms with Crippen molar-refractivity contribution in [2.45, 2.75) is 12.8 Å². The molecule has 0 atom stereocenters.